The topological polar surface area (TPSA) is 105 Å². The Labute approximate surface area is 249 Å². The highest BCUT2D eigenvalue weighted by molar-refractivity contribution is 7.92. The Hall–Kier alpha value is -4.05. The van der Waals surface area contributed by atoms with Crippen LogP contribution in [0.5, 0.6) is 11.5 Å². The third-order valence-corrected chi connectivity index (χ3v) is 7.83. The number of nitrogens with zero attached hydrogens (tertiary/aromatic N) is 2. The van der Waals surface area contributed by atoms with Crippen LogP contribution in [0.3, 0.4) is 0 Å². The van der Waals surface area contributed by atoms with Crippen molar-refractivity contribution >= 4 is 27.5 Å². The molecule has 0 saturated carbocycles. The van der Waals surface area contributed by atoms with Gasteiger partial charge in [0.25, 0.3) is 0 Å². The van der Waals surface area contributed by atoms with E-state index in [4.69, 9.17) is 9.47 Å². The minimum atomic E-state index is -3.91. The maximum Gasteiger partial charge on any atom is 0.244 e. The Morgan fingerprint density at radius 2 is 1.62 bits per heavy atom. The number of carbonyl (C=O) groups is 2. The molecule has 2 amide bonds. The van der Waals surface area contributed by atoms with Crippen molar-refractivity contribution in [2.24, 2.45) is 0 Å². The van der Waals surface area contributed by atoms with Crippen molar-refractivity contribution in [3.63, 3.8) is 0 Å². The lowest BCUT2D eigenvalue weighted by Crippen LogP contribution is -2.53. The fourth-order valence-electron chi connectivity index (χ4n) is 4.56. The fourth-order valence-corrected chi connectivity index (χ4v) is 5.42. The number of ether oxygens (including phenoxy) is 2. The summed E-state index contributed by atoms with van der Waals surface area (Å²) in [6.07, 6.45) is 3.00. The van der Waals surface area contributed by atoms with Gasteiger partial charge in [-0.3, -0.25) is 13.9 Å². The van der Waals surface area contributed by atoms with Crippen LogP contribution in [0, 0.1) is 0 Å². The SMILES string of the molecule is CCCCNC(=O)C(Cc1ccccc1)N(Cc1cccc(OC)c1)C(=O)CN(c1ccccc1OCC)S(C)(=O)=O. The Morgan fingerprint density at radius 3 is 2.29 bits per heavy atom. The Balaban J connectivity index is 2.07. The van der Waals surface area contributed by atoms with Crippen molar-refractivity contribution in [2.75, 3.05) is 37.4 Å². The molecule has 1 unspecified atom stereocenters. The first-order valence-corrected chi connectivity index (χ1v) is 16.0. The second-order valence-electron chi connectivity index (χ2n) is 9.89. The Bertz CT molecular complexity index is 1410. The molecule has 0 spiro atoms. The lowest BCUT2D eigenvalue weighted by molar-refractivity contribution is -0.140. The van der Waals surface area contributed by atoms with Crippen LogP contribution in [0.2, 0.25) is 0 Å². The van der Waals surface area contributed by atoms with E-state index in [0.29, 0.717) is 24.7 Å². The molecule has 0 heterocycles. The number of rotatable bonds is 16. The number of sulfonamides is 1. The highest BCUT2D eigenvalue weighted by Gasteiger charge is 2.33. The molecule has 10 heteroatoms. The number of para-hydroxylation sites is 2. The molecule has 0 fully saturated rings. The summed E-state index contributed by atoms with van der Waals surface area (Å²) in [7, 11) is -2.35. The van der Waals surface area contributed by atoms with Gasteiger partial charge >= 0.3 is 0 Å². The van der Waals surface area contributed by atoms with Crippen LogP contribution in [0.15, 0.2) is 78.9 Å². The molecule has 42 heavy (non-hydrogen) atoms. The zero-order valence-electron chi connectivity index (χ0n) is 24.8. The van der Waals surface area contributed by atoms with Gasteiger partial charge in [0.1, 0.15) is 24.1 Å². The third kappa shape index (κ3) is 9.24. The maximum atomic E-state index is 14.2. The van der Waals surface area contributed by atoms with E-state index >= 15 is 0 Å². The van der Waals surface area contributed by atoms with Gasteiger partial charge < -0.3 is 19.7 Å². The lowest BCUT2D eigenvalue weighted by atomic mass is 10.0. The zero-order valence-corrected chi connectivity index (χ0v) is 25.6. The number of carbonyl (C=O) groups excluding carboxylic acids is 2. The number of hydrogen-bond donors (Lipinski definition) is 1. The number of anilines is 1. The third-order valence-electron chi connectivity index (χ3n) is 6.70. The van der Waals surface area contributed by atoms with Crippen molar-refractivity contribution < 1.29 is 27.5 Å². The van der Waals surface area contributed by atoms with Crippen molar-refractivity contribution in [2.45, 2.75) is 45.7 Å². The second-order valence-corrected chi connectivity index (χ2v) is 11.8. The van der Waals surface area contributed by atoms with Gasteiger partial charge in [0, 0.05) is 19.5 Å². The van der Waals surface area contributed by atoms with Gasteiger partial charge in [0.05, 0.1) is 25.7 Å². The smallest absolute Gasteiger partial charge is 0.244 e. The molecule has 3 aromatic carbocycles. The van der Waals surface area contributed by atoms with Crippen LogP contribution in [0.1, 0.15) is 37.8 Å². The molecule has 0 aliphatic carbocycles. The molecule has 226 valence electrons. The van der Waals surface area contributed by atoms with Gasteiger partial charge in [0.15, 0.2) is 0 Å². The number of nitrogens with one attached hydrogen (secondary N) is 1. The zero-order chi connectivity index (χ0) is 30.5. The summed E-state index contributed by atoms with van der Waals surface area (Å²) in [5, 5.41) is 2.98. The molecule has 0 aromatic heterocycles. The van der Waals surface area contributed by atoms with Crippen molar-refractivity contribution in [3.05, 3.63) is 90.0 Å². The lowest BCUT2D eigenvalue weighted by Gasteiger charge is -2.33. The van der Waals surface area contributed by atoms with Crippen molar-refractivity contribution in [3.8, 4) is 11.5 Å². The Kier molecular flexibility index (Phi) is 12.2. The predicted octanol–water partition coefficient (Wildman–Crippen LogP) is 4.42. The van der Waals surface area contributed by atoms with Gasteiger partial charge in [-0.1, -0.05) is 67.9 Å². The second kappa shape index (κ2) is 15.8. The van der Waals surface area contributed by atoms with E-state index in [1.807, 2.05) is 49.4 Å². The van der Waals surface area contributed by atoms with Crippen LogP contribution in [0.4, 0.5) is 5.69 Å². The first-order valence-electron chi connectivity index (χ1n) is 14.1. The molecule has 0 radical (unpaired) electrons. The summed E-state index contributed by atoms with van der Waals surface area (Å²) >= 11 is 0. The summed E-state index contributed by atoms with van der Waals surface area (Å²) in [6.45, 7) is 4.18. The number of methoxy groups -OCH3 is 1. The van der Waals surface area contributed by atoms with Crippen molar-refractivity contribution in [1.82, 2.24) is 10.2 Å². The molecular weight excluding hydrogens is 554 g/mol. The standard InChI is InChI=1S/C32H41N3O6S/c1-5-7-20-33-32(37)29(22-25-14-9-8-10-15-25)34(23-26-16-13-17-27(21-26)40-3)31(36)24-35(42(4,38)39)28-18-11-12-19-30(28)41-6-2/h8-19,21,29H,5-7,20,22-24H2,1-4H3,(H,33,37). The van der Waals surface area contributed by atoms with Gasteiger partial charge in [-0.15, -0.1) is 0 Å². The monoisotopic (exact) mass is 595 g/mol. The van der Waals surface area contributed by atoms with E-state index in [1.165, 1.54) is 4.90 Å². The summed E-state index contributed by atoms with van der Waals surface area (Å²) in [4.78, 5) is 29.4. The van der Waals surface area contributed by atoms with E-state index in [9.17, 15) is 18.0 Å². The normalized spacial score (nSPS) is 11.8. The van der Waals surface area contributed by atoms with E-state index in [-0.39, 0.29) is 24.6 Å². The summed E-state index contributed by atoms with van der Waals surface area (Å²) in [6, 6.07) is 22.5. The molecule has 3 aromatic rings. The summed E-state index contributed by atoms with van der Waals surface area (Å²) < 4.78 is 38.2. The molecule has 1 atom stereocenters. The average Bonchev–Trinajstić information content (AvgIpc) is 2.98. The minimum Gasteiger partial charge on any atom is -0.497 e. The first-order chi connectivity index (χ1) is 20.2. The predicted molar refractivity (Wildman–Crippen MR) is 165 cm³/mol. The number of amides is 2. The van der Waals surface area contributed by atoms with E-state index < -0.39 is 28.5 Å². The minimum absolute atomic E-state index is 0.0689. The molecule has 9 nitrogen and oxygen atoms in total. The molecule has 3 rings (SSSR count). The number of unbranched alkanes of at least 4 members (excludes halogenated alkanes) is 1. The van der Waals surface area contributed by atoms with E-state index in [0.717, 1.165) is 34.5 Å². The molecule has 1 N–H and O–H groups in total. The molecule has 0 saturated heterocycles. The molecule has 0 aliphatic heterocycles. The van der Waals surface area contributed by atoms with Crippen LogP contribution < -0.4 is 19.1 Å². The molecule has 0 bridgehead atoms. The van der Waals surface area contributed by atoms with Gasteiger partial charge in [-0.2, -0.15) is 0 Å². The molecular formula is C32H41N3O6S. The van der Waals surface area contributed by atoms with Crippen LogP contribution >= 0.6 is 0 Å². The largest absolute Gasteiger partial charge is 0.497 e. The van der Waals surface area contributed by atoms with Gasteiger partial charge in [-0.25, -0.2) is 8.42 Å². The van der Waals surface area contributed by atoms with Gasteiger partial charge in [-0.05, 0) is 48.7 Å². The summed E-state index contributed by atoms with van der Waals surface area (Å²) in [5.41, 5.74) is 1.87. The highest BCUT2D eigenvalue weighted by Crippen LogP contribution is 2.30. The fraction of sp³-hybridized carbons (Fsp3) is 0.375. The quantitative estimate of drug-likeness (QED) is 0.246. The van der Waals surface area contributed by atoms with E-state index in [2.05, 4.69) is 5.32 Å². The van der Waals surface area contributed by atoms with E-state index in [1.54, 1.807) is 50.4 Å². The number of hydrogen-bond acceptors (Lipinski definition) is 6. The van der Waals surface area contributed by atoms with Crippen LogP contribution in [-0.4, -0.2) is 64.2 Å². The first kappa shape index (κ1) is 32.5. The molecule has 0 aliphatic rings. The van der Waals surface area contributed by atoms with Crippen LogP contribution in [-0.2, 0) is 32.6 Å². The highest BCUT2D eigenvalue weighted by atomic mass is 32.2. The van der Waals surface area contributed by atoms with Crippen LogP contribution in [0.25, 0.3) is 0 Å². The average molecular weight is 596 g/mol. The van der Waals surface area contributed by atoms with Crippen molar-refractivity contribution in [1.29, 1.82) is 0 Å². The van der Waals surface area contributed by atoms with Gasteiger partial charge in [0.2, 0.25) is 21.8 Å². The Morgan fingerprint density at radius 1 is 0.929 bits per heavy atom. The maximum absolute atomic E-state index is 14.2. The summed E-state index contributed by atoms with van der Waals surface area (Å²) in [5.74, 6) is 0.122. The number of benzene rings is 3.